The van der Waals surface area contributed by atoms with Gasteiger partial charge >= 0.3 is 107 Å². The molecule has 1 aromatic rings. The number of aliphatic hydroxyl groups is 1. The number of halogens is 1. The van der Waals surface area contributed by atoms with Gasteiger partial charge in [0.2, 0.25) is 0 Å². The molecule has 82 valence electrons. The molecule has 0 heterocycles. The first kappa shape index (κ1) is 12.9. The minimum atomic E-state index is -0.368. The van der Waals surface area contributed by atoms with Crippen molar-refractivity contribution < 1.29 is 5.11 Å². The Bertz CT molecular complexity index is 319. The molecule has 1 rings (SSSR count). The zero-order valence-corrected chi connectivity index (χ0v) is 11.8. The SMILES string of the molecule is CCCC[Te]/C(O)=C\c1ccc(Cl)cc1. The molecule has 1 nitrogen and oxygen atoms in total. The van der Waals surface area contributed by atoms with E-state index in [1.165, 1.54) is 17.3 Å². The van der Waals surface area contributed by atoms with Crippen LogP contribution >= 0.6 is 11.6 Å². The molecule has 0 fully saturated rings. The van der Waals surface area contributed by atoms with Crippen LogP contribution in [0.1, 0.15) is 25.3 Å². The van der Waals surface area contributed by atoms with E-state index in [0.29, 0.717) is 3.81 Å². The second-order valence-electron chi connectivity index (χ2n) is 3.24. The third-order valence-electron chi connectivity index (χ3n) is 1.91. The Balaban J connectivity index is 2.50. The molecule has 0 aromatic heterocycles. The van der Waals surface area contributed by atoms with E-state index in [-0.39, 0.29) is 20.9 Å². The molecule has 0 saturated carbocycles. The molecular weight excluding hydrogens is 323 g/mol. The molecule has 0 unspecified atom stereocenters. The quantitative estimate of drug-likeness (QED) is 0.486. The van der Waals surface area contributed by atoms with Crippen LogP contribution in [0.15, 0.2) is 28.1 Å². The van der Waals surface area contributed by atoms with Gasteiger partial charge in [-0.25, -0.2) is 0 Å². The van der Waals surface area contributed by atoms with Crippen LogP contribution < -0.4 is 0 Å². The standard InChI is InChI=1S/C12H15ClOTe/c1-2-3-8-15-12(14)9-10-4-6-11(13)7-5-10/h4-7,9,14H,2-3,8H2,1H3/b12-9-. The fourth-order valence-corrected chi connectivity index (χ4v) is 3.65. The Morgan fingerprint density at radius 2 is 2.07 bits per heavy atom. The monoisotopic (exact) mass is 340 g/mol. The normalized spacial score (nSPS) is 11.7. The van der Waals surface area contributed by atoms with Gasteiger partial charge in [0, 0.05) is 0 Å². The van der Waals surface area contributed by atoms with E-state index in [0.717, 1.165) is 10.6 Å². The van der Waals surface area contributed by atoms with Crippen LogP contribution in [0.5, 0.6) is 0 Å². The van der Waals surface area contributed by atoms with Crippen molar-refractivity contribution in [2.45, 2.75) is 24.2 Å². The number of benzene rings is 1. The first-order valence-corrected chi connectivity index (χ1v) is 8.20. The molecule has 0 atom stereocenters. The molecule has 0 amide bonds. The van der Waals surface area contributed by atoms with Gasteiger partial charge in [0.05, 0.1) is 0 Å². The van der Waals surface area contributed by atoms with Gasteiger partial charge in [0.1, 0.15) is 0 Å². The van der Waals surface area contributed by atoms with Gasteiger partial charge in [-0.1, -0.05) is 0 Å². The maximum absolute atomic E-state index is 9.68. The fraction of sp³-hybridized carbons (Fsp3) is 0.333. The predicted octanol–water partition coefficient (Wildman–Crippen LogP) is 4.12. The van der Waals surface area contributed by atoms with E-state index in [4.69, 9.17) is 11.6 Å². The van der Waals surface area contributed by atoms with Crippen molar-refractivity contribution in [1.29, 1.82) is 0 Å². The van der Waals surface area contributed by atoms with Crippen molar-refractivity contribution in [1.82, 2.24) is 0 Å². The Morgan fingerprint density at radius 1 is 1.40 bits per heavy atom. The van der Waals surface area contributed by atoms with Crippen LogP contribution in [0, 0.1) is 0 Å². The molecule has 0 saturated heterocycles. The third kappa shape index (κ3) is 5.47. The van der Waals surface area contributed by atoms with Crippen molar-refractivity contribution in [2.75, 3.05) is 0 Å². The van der Waals surface area contributed by atoms with Gasteiger partial charge in [0.25, 0.3) is 0 Å². The zero-order chi connectivity index (χ0) is 11.1. The van der Waals surface area contributed by atoms with Crippen LogP contribution in [0.2, 0.25) is 9.49 Å². The van der Waals surface area contributed by atoms with Crippen LogP contribution in [-0.4, -0.2) is 26.0 Å². The molecule has 0 aliphatic carbocycles. The first-order valence-electron chi connectivity index (χ1n) is 5.01. The Hall–Kier alpha value is -0.160. The molecule has 0 spiro atoms. The summed E-state index contributed by atoms with van der Waals surface area (Å²) in [6, 6.07) is 7.53. The van der Waals surface area contributed by atoms with Gasteiger partial charge in [-0.15, -0.1) is 0 Å². The predicted molar refractivity (Wildman–Crippen MR) is 67.5 cm³/mol. The van der Waals surface area contributed by atoms with E-state index in [1.54, 1.807) is 0 Å². The molecule has 0 aliphatic rings. The number of aliphatic hydroxyl groups excluding tert-OH is 1. The zero-order valence-electron chi connectivity index (χ0n) is 8.74. The van der Waals surface area contributed by atoms with E-state index in [9.17, 15) is 5.11 Å². The summed E-state index contributed by atoms with van der Waals surface area (Å²) in [5.41, 5.74) is 1.03. The summed E-state index contributed by atoms with van der Waals surface area (Å²) in [7, 11) is 0. The summed E-state index contributed by atoms with van der Waals surface area (Å²) in [5.74, 6) is 0. The van der Waals surface area contributed by atoms with Crippen molar-refractivity contribution in [3.8, 4) is 0 Å². The average molecular weight is 338 g/mol. The first-order chi connectivity index (χ1) is 7.22. The van der Waals surface area contributed by atoms with E-state index < -0.39 is 0 Å². The molecule has 15 heavy (non-hydrogen) atoms. The fourth-order valence-electron chi connectivity index (χ4n) is 1.06. The van der Waals surface area contributed by atoms with Crippen LogP contribution in [0.3, 0.4) is 0 Å². The number of hydrogen-bond donors (Lipinski definition) is 1. The number of rotatable bonds is 5. The second-order valence-corrected chi connectivity index (χ2v) is 6.86. The molecule has 0 bridgehead atoms. The van der Waals surface area contributed by atoms with Crippen LogP contribution in [-0.2, 0) is 0 Å². The van der Waals surface area contributed by atoms with E-state index in [1.807, 2.05) is 30.3 Å². The number of hydrogen-bond acceptors (Lipinski definition) is 1. The Morgan fingerprint density at radius 3 is 2.67 bits per heavy atom. The maximum atomic E-state index is 9.68. The summed E-state index contributed by atoms with van der Waals surface area (Å²) < 4.78 is 1.76. The third-order valence-corrected chi connectivity index (χ3v) is 4.75. The average Bonchev–Trinajstić information content (AvgIpc) is 2.22. The molecule has 0 aliphatic heterocycles. The van der Waals surface area contributed by atoms with Crippen molar-refractivity contribution >= 4 is 38.6 Å². The molecule has 1 N–H and O–H groups in total. The van der Waals surface area contributed by atoms with Gasteiger partial charge in [-0.3, -0.25) is 0 Å². The molecular formula is C12H15ClOTe. The Labute approximate surface area is 106 Å². The Kier molecular flexibility index (Phi) is 6.17. The second kappa shape index (κ2) is 7.17. The van der Waals surface area contributed by atoms with E-state index in [2.05, 4.69) is 6.92 Å². The van der Waals surface area contributed by atoms with E-state index >= 15 is 0 Å². The summed E-state index contributed by atoms with van der Waals surface area (Å²) in [6.07, 6.45) is 4.29. The van der Waals surface area contributed by atoms with Gasteiger partial charge in [-0.05, 0) is 0 Å². The molecule has 1 aromatic carbocycles. The van der Waals surface area contributed by atoms with Gasteiger partial charge in [0.15, 0.2) is 0 Å². The van der Waals surface area contributed by atoms with Crippen molar-refractivity contribution in [2.24, 2.45) is 0 Å². The number of unbranched alkanes of at least 4 members (excludes halogenated alkanes) is 1. The topological polar surface area (TPSA) is 20.2 Å². The molecule has 3 heteroatoms. The van der Waals surface area contributed by atoms with Crippen LogP contribution in [0.4, 0.5) is 0 Å². The van der Waals surface area contributed by atoms with Crippen molar-refractivity contribution in [3.05, 3.63) is 38.7 Å². The summed E-state index contributed by atoms with van der Waals surface area (Å²) in [4.78, 5) is 0. The van der Waals surface area contributed by atoms with Crippen molar-refractivity contribution in [3.63, 3.8) is 0 Å². The molecule has 0 radical (unpaired) electrons. The summed E-state index contributed by atoms with van der Waals surface area (Å²) in [5, 5.41) is 10.4. The summed E-state index contributed by atoms with van der Waals surface area (Å²) in [6.45, 7) is 2.17. The minimum absolute atomic E-state index is 0.368. The summed E-state index contributed by atoms with van der Waals surface area (Å²) >= 11 is 5.41. The van der Waals surface area contributed by atoms with Crippen LogP contribution in [0.25, 0.3) is 6.08 Å². The van der Waals surface area contributed by atoms with Gasteiger partial charge in [-0.2, -0.15) is 0 Å². The van der Waals surface area contributed by atoms with Gasteiger partial charge < -0.3 is 0 Å².